The van der Waals surface area contributed by atoms with E-state index in [0.717, 1.165) is 32.1 Å². The van der Waals surface area contributed by atoms with E-state index in [2.05, 4.69) is 13.8 Å². The second kappa shape index (κ2) is 6.21. The number of hydrogen-bond acceptors (Lipinski definition) is 3. The van der Waals surface area contributed by atoms with Gasteiger partial charge < -0.3 is 5.11 Å². The largest absolute Gasteiger partial charge is 0.393 e. The number of benzene rings is 1. The first-order chi connectivity index (χ1) is 10.8. The molecule has 1 N–H and O–H groups in total. The van der Waals surface area contributed by atoms with Crippen molar-refractivity contribution in [3.8, 4) is 0 Å². The van der Waals surface area contributed by atoms with Crippen LogP contribution < -0.4 is 0 Å². The van der Waals surface area contributed by atoms with Gasteiger partial charge in [-0.1, -0.05) is 38.5 Å². The van der Waals surface area contributed by atoms with Gasteiger partial charge in [-0.05, 0) is 61.0 Å². The molecule has 1 aromatic carbocycles. The molecule has 0 radical (unpaired) electrons. The lowest BCUT2D eigenvalue weighted by Crippen LogP contribution is -2.42. The summed E-state index contributed by atoms with van der Waals surface area (Å²) in [6.45, 7) is 4.36. The van der Waals surface area contributed by atoms with Crippen LogP contribution in [0.2, 0.25) is 0 Å². The van der Waals surface area contributed by atoms with Crippen LogP contribution in [-0.2, 0) is 9.84 Å². The molecule has 5 atom stereocenters. The second-order valence-corrected chi connectivity index (χ2v) is 9.86. The fourth-order valence-electron chi connectivity index (χ4n) is 5.31. The summed E-state index contributed by atoms with van der Waals surface area (Å²) in [6.07, 6.45) is 4.97. The molecule has 2 saturated carbocycles. The van der Waals surface area contributed by atoms with Crippen LogP contribution in [0.5, 0.6) is 0 Å². The Balaban J connectivity index is 1.77. The summed E-state index contributed by atoms with van der Waals surface area (Å²) < 4.78 is 25.4. The van der Waals surface area contributed by atoms with Gasteiger partial charge in [0.05, 0.1) is 16.8 Å². The predicted octanol–water partition coefficient (Wildman–Crippen LogP) is 3.67. The molecule has 0 saturated heterocycles. The van der Waals surface area contributed by atoms with E-state index >= 15 is 0 Å². The van der Waals surface area contributed by atoms with Crippen molar-refractivity contribution in [2.24, 2.45) is 23.2 Å². The lowest BCUT2D eigenvalue weighted by atomic mass is 9.62. The second-order valence-electron chi connectivity index (χ2n) is 7.83. The molecule has 0 aromatic heterocycles. The summed E-state index contributed by atoms with van der Waals surface area (Å²) >= 11 is 0. The number of sulfone groups is 1. The molecular formula is C19H28O3S. The molecule has 0 heterocycles. The average molecular weight is 336 g/mol. The normalized spacial score (nSPS) is 35.7. The molecule has 0 bridgehead atoms. The van der Waals surface area contributed by atoms with Crippen LogP contribution in [0.1, 0.15) is 46.0 Å². The van der Waals surface area contributed by atoms with Crippen molar-refractivity contribution in [1.29, 1.82) is 0 Å². The Kier molecular flexibility index (Phi) is 4.58. The van der Waals surface area contributed by atoms with Gasteiger partial charge in [0.2, 0.25) is 0 Å². The molecular weight excluding hydrogens is 308 g/mol. The Morgan fingerprint density at radius 1 is 1.22 bits per heavy atom. The summed E-state index contributed by atoms with van der Waals surface area (Å²) in [6, 6.07) is 8.77. The zero-order valence-electron chi connectivity index (χ0n) is 14.1. The van der Waals surface area contributed by atoms with Crippen molar-refractivity contribution >= 4 is 9.84 Å². The Bertz CT molecular complexity index is 640. The van der Waals surface area contributed by atoms with Crippen LogP contribution in [-0.4, -0.2) is 25.4 Å². The Labute approximate surface area is 140 Å². The van der Waals surface area contributed by atoms with E-state index in [-0.39, 0.29) is 23.2 Å². The first-order valence-corrected chi connectivity index (χ1v) is 10.5. The highest BCUT2D eigenvalue weighted by Gasteiger charge is 2.52. The van der Waals surface area contributed by atoms with E-state index < -0.39 is 9.84 Å². The van der Waals surface area contributed by atoms with Gasteiger partial charge in [0.1, 0.15) is 0 Å². The van der Waals surface area contributed by atoms with Crippen LogP contribution in [0, 0.1) is 23.2 Å². The number of rotatable bonds is 4. The monoisotopic (exact) mass is 336 g/mol. The minimum Gasteiger partial charge on any atom is -0.393 e. The standard InChI is InChI=1S/C19H28O3S/c1-14(13-23(21,22)15-7-4-3-5-8-15)16-10-11-17-18(20)9-6-12-19(16,17)2/h3-5,7-8,14,16-18,20H,6,9-13H2,1-2H3/t14-,16-,17+,18+,19-/m1/s1. The Morgan fingerprint density at radius 2 is 1.91 bits per heavy atom. The maximum Gasteiger partial charge on any atom is 0.178 e. The van der Waals surface area contributed by atoms with Gasteiger partial charge in [0, 0.05) is 0 Å². The van der Waals surface area contributed by atoms with Gasteiger partial charge in [-0.25, -0.2) is 8.42 Å². The van der Waals surface area contributed by atoms with Gasteiger partial charge >= 0.3 is 0 Å². The molecule has 3 rings (SSSR count). The van der Waals surface area contributed by atoms with Crippen molar-refractivity contribution in [2.45, 2.75) is 57.0 Å². The molecule has 2 aliphatic carbocycles. The van der Waals surface area contributed by atoms with E-state index in [4.69, 9.17) is 0 Å². The quantitative estimate of drug-likeness (QED) is 0.912. The molecule has 0 unspecified atom stereocenters. The highest BCUT2D eigenvalue weighted by Crippen LogP contribution is 2.57. The SMILES string of the molecule is C[C@H](CS(=O)(=O)c1ccccc1)[C@H]1CC[C@H]2[C@@H](O)CCC[C@]12C. The Morgan fingerprint density at radius 3 is 2.61 bits per heavy atom. The van der Waals surface area contributed by atoms with Crippen LogP contribution in [0.4, 0.5) is 0 Å². The van der Waals surface area contributed by atoms with E-state index in [1.807, 2.05) is 6.07 Å². The highest BCUT2D eigenvalue weighted by atomic mass is 32.2. The molecule has 4 heteroatoms. The molecule has 0 aliphatic heterocycles. The number of fused-ring (bicyclic) bond motifs is 1. The van der Waals surface area contributed by atoms with Crippen molar-refractivity contribution in [1.82, 2.24) is 0 Å². The third kappa shape index (κ3) is 3.08. The lowest BCUT2D eigenvalue weighted by Gasteiger charge is -2.45. The van der Waals surface area contributed by atoms with Crippen LogP contribution in [0.15, 0.2) is 35.2 Å². The molecule has 2 aliphatic rings. The molecule has 0 spiro atoms. The maximum absolute atomic E-state index is 12.7. The van der Waals surface area contributed by atoms with Gasteiger partial charge in [-0.3, -0.25) is 0 Å². The van der Waals surface area contributed by atoms with E-state index in [1.165, 1.54) is 0 Å². The number of aliphatic hydroxyl groups excluding tert-OH is 1. The molecule has 3 nitrogen and oxygen atoms in total. The molecule has 23 heavy (non-hydrogen) atoms. The molecule has 1 aromatic rings. The third-order valence-electron chi connectivity index (χ3n) is 6.43. The van der Waals surface area contributed by atoms with Gasteiger partial charge in [0.25, 0.3) is 0 Å². The molecule has 0 amide bonds. The van der Waals surface area contributed by atoms with Crippen molar-refractivity contribution in [3.05, 3.63) is 30.3 Å². The summed E-state index contributed by atoms with van der Waals surface area (Å²) in [4.78, 5) is 0.426. The predicted molar refractivity (Wildman–Crippen MR) is 91.8 cm³/mol. The van der Waals surface area contributed by atoms with Crippen LogP contribution in [0.25, 0.3) is 0 Å². The van der Waals surface area contributed by atoms with Gasteiger partial charge in [-0.2, -0.15) is 0 Å². The summed E-state index contributed by atoms with van der Waals surface area (Å²) in [5, 5.41) is 10.3. The number of hydrogen-bond donors (Lipinski definition) is 1. The van der Waals surface area contributed by atoms with Crippen molar-refractivity contribution in [3.63, 3.8) is 0 Å². The smallest absolute Gasteiger partial charge is 0.178 e. The van der Waals surface area contributed by atoms with Gasteiger partial charge in [0.15, 0.2) is 9.84 Å². The average Bonchev–Trinajstić information content (AvgIpc) is 2.86. The maximum atomic E-state index is 12.7. The zero-order chi connectivity index (χ0) is 16.7. The minimum atomic E-state index is -3.24. The first-order valence-electron chi connectivity index (χ1n) is 8.80. The minimum absolute atomic E-state index is 0.100. The van der Waals surface area contributed by atoms with Crippen LogP contribution >= 0.6 is 0 Å². The van der Waals surface area contributed by atoms with E-state index in [9.17, 15) is 13.5 Å². The molecule has 128 valence electrons. The molecule has 2 fully saturated rings. The van der Waals surface area contributed by atoms with E-state index in [1.54, 1.807) is 24.3 Å². The summed E-state index contributed by atoms with van der Waals surface area (Å²) in [7, 11) is -3.24. The van der Waals surface area contributed by atoms with E-state index in [0.29, 0.717) is 16.7 Å². The fraction of sp³-hybridized carbons (Fsp3) is 0.684. The van der Waals surface area contributed by atoms with Crippen molar-refractivity contribution < 1.29 is 13.5 Å². The van der Waals surface area contributed by atoms with Gasteiger partial charge in [-0.15, -0.1) is 0 Å². The topological polar surface area (TPSA) is 54.4 Å². The van der Waals surface area contributed by atoms with Crippen molar-refractivity contribution in [2.75, 3.05) is 5.75 Å². The number of aliphatic hydroxyl groups is 1. The zero-order valence-corrected chi connectivity index (χ0v) is 14.9. The lowest BCUT2D eigenvalue weighted by molar-refractivity contribution is -0.0250. The summed E-state index contributed by atoms with van der Waals surface area (Å²) in [5.74, 6) is 1.07. The Hall–Kier alpha value is -0.870. The first kappa shape index (κ1) is 17.0. The summed E-state index contributed by atoms with van der Waals surface area (Å²) in [5.41, 5.74) is 0.100. The van der Waals surface area contributed by atoms with Crippen LogP contribution in [0.3, 0.4) is 0 Å². The highest BCUT2D eigenvalue weighted by molar-refractivity contribution is 7.91. The fourth-order valence-corrected chi connectivity index (χ4v) is 7.00. The third-order valence-corrected chi connectivity index (χ3v) is 8.39.